The van der Waals surface area contributed by atoms with Crippen molar-refractivity contribution in [1.82, 2.24) is 0 Å². The summed E-state index contributed by atoms with van der Waals surface area (Å²) in [6.07, 6.45) is 0.558. The van der Waals surface area contributed by atoms with E-state index >= 15 is 0 Å². The van der Waals surface area contributed by atoms with Crippen LogP contribution in [0.4, 0.5) is 11.4 Å². The summed E-state index contributed by atoms with van der Waals surface area (Å²) in [5.41, 5.74) is 3.69. The Morgan fingerprint density at radius 2 is 1.75 bits per heavy atom. The number of rotatable bonds is 6. The maximum atomic E-state index is 12.6. The summed E-state index contributed by atoms with van der Waals surface area (Å²) in [6, 6.07) is 11.3. The molecule has 0 saturated carbocycles. The van der Waals surface area contributed by atoms with Gasteiger partial charge in [-0.3, -0.25) is 4.79 Å². The topological polar surface area (TPSA) is 105 Å². The second-order valence-electron chi connectivity index (χ2n) is 6.15. The Balaban J connectivity index is 1.94. The predicted molar refractivity (Wildman–Crippen MR) is 105 cm³/mol. The monoisotopic (exact) mass is 380 g/mol. The fourth-order valence-corrected chi connectivity index (χ4v) is 3.01. The van der Waals surface area contributed by atoms with Gasteiger partial charge in [0.15, 0.2) is 0 Å². The molecule has 1 amide bonds. The fourth-order valence-electron chi connectivity index (χ4n) is 3.01. The minimum absolute atomic E-state index is 0.187. The van der Waals surface area contributed by atoms with Gasteiger partial charge in [0.25, 0.3) is 5.91 Å². The molecule has 2 aromatic rings. The number of anilines is 2. The average Bonchev–Trinajstić information content (AvgIpc) is 3.01. The van der Waals surface area contributed by atoms with E-state index in [1.807, 2.05) is 6.92 Å². The van der Waals surface area contributed by atoms with E-state index in [0.717, 1.165) is 0 Å². The smallest absolute Gasteiger partial charge is 0.338 e. The summed E-state index contributed by atoms with van der Waals surface area (Å²) in [5.74, 6) is -1.70. The molecule has 0 fully saturated rings. The zero-order valence-electron chi connectivity index (χ0n) is 15.5. The van der Waals surface area contributed by atoms with E-state index in [4.69, 9.17) is 9.84 Å². The molecule has 0 unspecified atom stereocenters. The molecule has 0 radical (unpaired) electrons. The number of hydrogen-bond donors (Lipinski definition) is 3. The van der Waals surface area contributed by atoms with Crippen molar-refractivity contribution < 1.29 is 24.2 Å². The quantitative estimate of drug-likeness (QED) is 0.521. The standard InChI is InChI=1S/C21H20N2O5/c1-3-16(22-14-8-5-12(6-9-14)20(25)26)18-15-10-7-13(21(27)28-4-2)11-17(15)23-19(18)24/h5-11,22H,3-4H2,1-2H3,(H,23,24)(H,25,26)/b18-16-. The van der Waals surface area contributed by atoms with Gasteiger partial charge >= 0.3 is 11.9 Å². The highest BCUT2D eigenvalue weighted by molar-refractivity contribution is 6.32. The van der Waals surface area contributed by atoms with Crippen LogP contribution in [0.15, 0.2) is 48.2 Å². The average molecular weight is 380 g/mol. The highest BCUT2D eigenvalue weighted by Gasteiger charge is 2.28. The highest BCUT2D eigenvalue weighted by atomic mass is 16.5. The number of benzene rings is 2. The van der Waals surface area contributed by atoms with Gasteiger partial charge in [0.05, 0.1) is 29.0 Å². The number of nitrogens with one attached hydrogen (secondary N) is 2. The van der Waals surface area contributed by atoms with Gasteiger partial charge in [-0.15, -0.1) is 0 Å². The second kappa shape index (κ2) is 7.96. The van der Waals surface area contributed by atoms with Crippen molar-refractivity contribution in [3.05, 3.63) is 64.9 Å². The Morgan fingerprint density at radius 1 is 1.07 bits per heavy atom. The maximum Gasteiger partial charge on any atom is 0.338 e. The fraction of sp³-hybridized carbons (Fsp3) is 0.190. The summed E-state index contributed by atoms with van der Waals surface area (Å²) in [5, 5.41) is 15.0. The van der Waals surface area contributed by atoms with Crippen LogP contribution in [0.25, 0.3) is 5.57 Å². The first-order valence-corrected chi connectivity index (χ1v) is 8.91. The molecule has 144 valence electrons. The molecule has 0 bridgehead atoms. The molecule has 0 saturated heterocycles. The van der Waals surface area contributed by atoms with E-state index in [9.17, 15) is 14.4 Å². The molecule has 3 N–H and O–H groups in total. The Labute approximate surface area is 162 Å². The van der Waals surface area contributed by atoms with Gasteiger partial charge < -0.3 is 20.5 Å². The van der Waals surface area contributed by atoms with Gasteiger partial charge in [-0.1, -0.05) is 13.0 Å². The summed E-state index contributed by atoms with van der Waals surface area (Å²) < 4.78 is 5.00. The highest BCUT2D eigenvalue weighted by Crippen LogP contribution is 2.35. The number of carbonyl (C=O) groups excluding carboxylic acids is 2. The van der Waals surface area contributed by atoms with Crippen LogP contribution in [0.5, 0.6) is 0 Å². The number of aromatic carboxylic acids is 1. The van der Waals surface area contributed by atoms with Crippen molar-refractivity contribution in [2.24, 2.45) is 0 Å². The normalized spacial score (nSPS) is 14.1. The first kappa shape index (κ1) is 19.2. The SMILES string of the molecule is CCOC(=O)c1ccc2c(c1)NC(=O)/C2=C(/CC)Nc1ccc(C(=O)O)cc1. The van der Waals surface area contributed by atoms with Crippen LogP contribution >= 0.6 is 0 Å². The van der Waals surface area contributed by atoms with Crippen molar-refractivity contribution in [2.45, 2.75) is 20.3 Å². The van der Waals surface area contributed by atoms with Gasteiger partial charge in [-0.25, -0.2) is 9.59 Å². The van der Waals surface area contributed by atoms with Gasteiger partial charge in [0.2, 0.25) is 0 Å². The van der Waals surface area contributed by atoms with Crippen LogP contribution in [0, 0.1) is 0 Å². The molecular formula is C21H20N2O5. The number of fused-ring (bicyclic) bond motifs is 1. The van der Waals surface area contributed by atoms with Crippen LogP contribution in [0.1, 0.15) is 46.5 Å². The Bertz CT molecular complexity index is 977. The maximum absolute atomic E-state index is 12.6. The molecule has 7 nitrogen and oxygen atoms in total. The number of allylic oxidation sites excluding steroid dienone is 1. The third-order valence-electron chi connectivity index (χ3n) is 4.36. The zero-order valence-corrected chi connectivity index (χ0v) is 15.5. The van der Waals surface area contributed by atoms with E-state index in [1.165, 1.54) is 12.1 Å². The van der Waals surface area contributed by atoms with E-state index < -0.39 is 11.9 Å². The van der Waals surface area contributed by atoms with E-state index in [-0.39, 0.29) is 18.1 Å². The lowest BCUT2D eigenvalue weighted by atomic mass is 10.0. The van der Waals surface area contributed by atoms with Crippen molar-refractivity contribution in [3.8, 4) is 0 Å². The number of carboxylic acid groups (broad SMARTS) is 1. The van der Waals surface area contributed by atoms with Crippen LogP contribution in [-0.4, -0.2) is 29.6 Å². The van der Waals surface area contributed by atoms with Crippen molar-refractivity contribution in [2.75, 3.05) is 17.2 Å². The molecule has 0 aliphatic carbocycles. The van der Waals surface area contributed by atoms with E-state index in [1.54, 1.807) is 37.3 Å². The van der Waals surface area contributed by atoms with Gasteiger partial charge in [-0.05, 0) is 49.7 Å². The number of hydrogen-bond acceptors (Lipinski definition) is 5. The number of carboxylic acids is 1. The molecule has 1 aliphatic rings. The lowest BCUT2D eigenvalue weighted by Gasteiger charge is -2.12. The summed E-state index contributed by atoms with van der Waals surface area (Å²) >= 11 is 0. The predicted octanol–water partition coefficient (Wildman–Crippen LogP) is 3.75. The van der Waals surface area contributed by atoms with Crippen LogP contribution < -0.4 is 10.6 Å². The second-order valence-corrected chi connectivity index (χ2v) is 6.15. The summed E-state index contributed by atoms with van der Waals surface area (Å²) in [4.78, 5) is 35.5. The minimum Gasteiger partial charge on any atom is -0.478 e. The molecule has 7 heteroatoms. The molecule has 0 atom stereocenters. The first-order valence-electron chi connectivity index (χ1n) is 8.91. The third-order valence-corrected chi connectivity index (χ3v) is 4.36. The lowest BCUT2D eigenvalue weighted by molar-refractivity contribution is -0.110. The molecule has 0 aromatic heterocycles. The van der Waals surface area contributed by atoms with Crippen LogP contribution in [-0.2, 0) is 9.53 Å². The van der Waals surface area contributed by atoms with Crippen molar-refractivity contribution in [1.29, 1.82) is 0 Å². The molecular weight excluding hydrogens is 360 g/mol. The molecule has 3 rings (SSSR count). The number of ether oxygens (including phenoxy) is 1. The largest absolute Gasteiger partial charge is 0.478 e. The first-order chi connectivity index (χ1) is 13.4. The Kier molecular flexibility index (Phi) is 5.44. The van der Waals surface area contributed by atoms with Crippen LogP contribution in [0.2, 0.25) is 0 Å². The molecule has 28 heavy (non-hydrogen) atoms. The number of carbonyl (C=O) groups is 3. The molecule has 2 aromatic carbocycles. The Morgan fingerprint density at radius 3 is 2.36 bits per heavy atom. The van der Waals surface area contributed by atoms with Crippen molar-refractivity contribution in [3.63, 3.8) is 0 Å². The van der Waals surface area contributed by atoms with E-state index in [2.05, 4.69) is 10.6 Å². The minimum atomic E-state index is -0.998. The third kappa shape index (κ3) is 3.73. The summed E-state index contributed by atoms with van der Waals surface area (Å²) in [7, 11) is 0. The van der Waals surface area contributed by atoms with Crippen LogP contribution in [0.3, 0.4) is 0 Å². The van der Waals surface area contributed by atoms with E-state index in [0.29, 0.717) is 40.2 Å². The molecule has 0 spiro atoms. The van der Waals surface area contributed by atoms with Gasteiger partial charge in [0, 0.05) is 16.9 Å². The van der Waals surface area contributed by atoms with Gasteiger partial charge in [0.1, 0.15) is 0 Å². The number of esters is 1. The lowest BCUT2D eigenvalue weighted by Crippen LogP contribution is -2.10. The molecule has 1 aliphatic heterocycles. The molecule has 1 heterocycles. The Hall–Kier alpha value is -3.61. The summed E-state index contributed by atoms with van der Waals surface area (Å²) in [6.45, 7) is 3.92. The van der Waals surface area contributed by atoms with Gasteiger partial charge in [-0.2, -0.15) is 0 Å². The zero-order chi connectivity index (χ0) is 20.3. The van der Waals surface area contributed by atoms with Crippen molar-refractivity contribution >= 4 is 34.8 Å². The number of amides is 1.